The number of rotatable bonds is 4. The van der Waals surface area contributed by atoms with Crippen molar-refractivity contribution < 1.29 is 9.53 Å². The molecule has 0 radical (unpaired) electrons. The number of nitrogens with zero attached hydrogens (tertiary/aromatic N) is 3. The quantitative estimate of drug-likeness (QED) is 0.578. The van der Waals surface area contributed by atoms with E-state index < -0.39 is 0 Å². The molecule has 1 fully saturated rings. The Hall–Kier alpha value is -2.84. The van der Waals surface area contributed by atoms with Crippen LogP contribution in [-0.4, -0.2) is 27.7 Å². The monoisotopic (exact) mass is 438 g/mol. The number of aromatic nitrogens is 2. The Morgan fingerprint density at radius 2 is 1.90 bits per heavy atom. The number of carbonyl (C=O) groups excluding carboxylic acids is 1. The van der Waals surface area contributed by atoms with Crippen LogP contribution in [0.3, 0.4) is 0 Å². The summed E-state index contributed by atoms with van der Waals surface area (Å²) in [7, 11) is 1.66. The molecule has 1 saturated heterocycles. The van der Waals surface area contributed by atoms with Crippen LogP contribution in [0.1, 0.15) is 27.5 Å². The molecule has 1 aromatic carbocycles. The highest BCUT2D eigenvalue weighted by Crippen LogP contribution is 2.32. The molecule has 154 valence electrons. The zero-order chi connectivity index (χ0) is 21.4. The first-order chi connectivity index (χ1) is 14.4. The van der Waals surface area contributed by atoms with Gasteiger partial charge < -0.3 is 14.6 Å². The van der Waals surface area contributed by atoms with Gasteiger partial charge in [-0.1, -0.05) is 11.3 Å². The molecule has 0 aliphatic carbocycles. The lowest BCUT2D eigenvalue weighted by molar-refractivity contribution is -0.115. The predicted octanol–water partition coefficient (Wildman–Crippen LogP) is 5.07. The van der Waals surface area contributed by atoms with Crippen LogP contribution in [0.5, 0.6) is 5.75 Å². The summed E-state index contributed by atoms with van der Waals surface area (Å²) in [5, 5.41) is 4.06. The molecular weight excluding hydrogens is 416 g/mol. The fourth-order valence-electron chi connectivity index (χ4n) is 3.27. The third-order valence-electron chi connectivity index (χ3n) is 4.95. The number of aliphatic imine (C=N–C) groups is 1. The number of aryl methyl sites for hydroxylation is 3. The number of methoxy groups -OCH3 is 1. The van der Waals surface area contributed by atoms with Gasteiger partial charge in [0.2, 0.25) is 5.13 Å². The summed E-state index contributed by atoms with van der Waals surface area (Å²) in [6.07, 6.45) is 1.92. The minimum absolute atomic E-state index is 0.141. The van der Waals surface area contributed by atoms with Crippen molar-refractivity contribution >= 4 is 45.4 Å². The highest BCUT2D eigenvalue weighted by molar-refractivity contribution is 8.18. The molecule has 0 unspecified atom stereocenters. The largest absolute Gasteiger partial charge is 0.497 e. The third kappa shape index (κ3) is 3.93. The SMILES string of the molecule is COc1ccc(-n2c(C)cc(/C=C3\S/C(=N/c4nc(C)c(C)s4)NC3=O)c2C)cc1. The number of thioether (sulfide) groups is 1. The van der Waals surface area contributed by atoms with Crippen LogP contribution in [0.2, 0.25) is 0 Å². The van der Waals surface area contributed by atoms with Gasteiger partial charge in [-0.25, -0.2) is 4.98 Å². The van der Waals surface area contributed by atoms with Crippen LogP contribution in [0, 0.1) is 27.7 Å². The minimum atomic E-state index is -0.141. The Kier molecular flexibility index (Phi) is 5.53. The lowest BCUT2D eigenvalue weighted by atomic mass is 10.2. The number of ether oxygens (including phenoxy) is 1. The summed E-state index contributed by atoms with van der Waals surface area (Å²) < 4.78 is 7.42. The van der Waals surface area contributed by atoms with Crippen LogP contribution in [0.15, 0.2) is 40.2 Å². The van der Waals surface area contributed by atoms with E-state index in [1.807, 2.05) is 44.2 Å². The van der Waals surface area contributed by atoms with Gasteiger partial charge in [0.1, 0.15) is 5.75 Å². The Bertz CT molecular complexity index is 1170. The first kappa shape index (κ1) is 20.4. The maximum atomic E-state index is 12.5. The van der Waals surface area contributed by atoms with Gasteiger partial charge in [-0.05, 0) is 81.4 Å². The van der Waals surface area contributed by atoms with Crippen molar-refractivity contribution in [3.05, 3.63) is 62.8 Å². The number of amides is 1. The molecule has 1 N–H and O–H groups in total. The van der Waals surface area contributed by atoms with Crippen LogP contribution in [0.4, 0.5) is 5.13 Å². The Morgan fingerprint density at radius 1 is 1.17 bits per heavy atom. The van der Waals surface area contributed by atoms with Crippen LogP contribution in [0.25, 0.3) is 11.8 Å². The van der Waals surface area contributed by atoms with Crippen LogP contribution < -0.4 is 10.1 Å². The van der Waals surface area contributed by atoms with E-state index in [2.05, 4.69) is 39.8 Å². The second kappa shape index (κ2) is 8.12. The van der Waals surface area contributed by atoms with Gasteiger partial charge in [0.25, 0.3) is 5.91 Å². The van der Waals surface area contributed by atoms with Crippen LogP contribution in [-0.2, 0) is 4.79 Å². The molecule has 1 aliphatic rings. The van der Waals surface area contributed by atoms with Gasteiger partial charge in [-0.15, -0.1) is 0 Å². The van der Waals surface area contributed by atoms with Gasteiger partial charge in [-0.3, -0.25) is 4.79 Å². The smallest absolute Gasteiger partial charge is 0.264 e. The summed E-state index contributed by atoms with van der Waals surface area (Å²) in [4.78, 5) is 23.1. The minimum Gasteiger partial charge on any atom is -0.497 e. The number of benzene rings is 1. The average Bonchev–Trinajstić information content (AvgIpc) is 3.31. The molecule has 1 amide bonds. The second-order valence-electron chi connectivity index (χ2n) is 6.98. The highest BCUT2D eigenvalue weighted by atomic mass is 32.2. The van der Waals surface area contributed by atoms with E-state index in [0.717, 1.165) is 39.0 Å². The molecule has 4 rings (SSSR count). The third-order valence-corrected chi connectivity index (χ3v) is 6.83. The zero-order valence-corrected chi connectivity index (χ0v) is 19.1. The van der Waals surface area contributed by atoms with Gasteiger partial charge in [0.15, 0.2) is 5.17 Å². The van der Waals surface area contributed by atoms with Gasteiger partial charge >= 0.3 is 0 Å². The van der Waals surface area contributed by atoms with E-state index in [4.69, 9.17) is 4.74 Å². The van der Waals surface area contributed by atoms with E-state index in [-0.39, 0.29) is 5.91 Å². The summed E-state index contributed by atoms with van der Waals surface area (Å²) in [5.74, 6) is 0.679. The highest BCUT2D eigenvalue weighted by Gasteiger charge is 2.25. The Morgan fingerprint density at radius 3 is 2.53 bits per heavy atom. The lowest BCUT2D eigenvalue weighted by Gasteiger charge is -2.10. The fraction of sp³-hybridized carbons (Fsp3) is 0.227. The molecule has 6 nitrogen and oxygen atoms in total. The first-order valence-electron chi connectivity index (χ1n) is 9.42. The van der Waals surface area contributed by atoms with E-state index in [1.165, 1.54) is 23.1 Å². The summed E-state index contributed by atoms with van der Waals surface area (Å²) >= 11 is 2.86. The molecule has 8 heteroatoms. The number of thiazole rings is 1. The topological polar surface area (TPSA) is 68.5 Å². The number of carbonyl (C=O) groups is 1. The molecule has 30 heavy (non-hydrogen) atoms. The van der Waals surface area contributed by atoms with Gasteiger partial charge in [0, 0.05) is 22.0 Å². The van der Waals surface area contributed by atoms with Crippen molar-refractivity contribution in [3.63, 3.8) is 0 Å². The van der Waals surface area contributed by atoms with E-state index in [1.54, 1.807) is 7.11 Å². The molecule has 1 aliphatic heterocycles. The molecule has 2 aromatic heterocycles. The molecule has 3 aromatic rings. The van der Waals surface area contributed by atoms with E-state index >= 15 is 0 Å². The molecule has 3 heterocycles. The van der Waals surface area contributed by atoms with Crippen molar-refractivity contribution in [1.29, 1.82) is 0 Å². The number of amidine groups is 1. The van der Waals surface area contributed by atoms with Crippen molar-refractivity contribution in [2.45, 2.75) is 27.7 Å². The van der Waals surface area contributed by atoms with Gasteiger partial charge in [0.05, 0.1) is 17.7 Å². The Balaban J connectivity index is 1.62. The number of hydrogen-bond donors (Lipinski definition) is 1. The summed E-state index contributed by atoms with van der Waals surface area (Å²) in [6.45, 7) is 8.08. The van der Waals surface area contributed by atoms with Crippen molar-refractivity contribution in [3.8, 4) is 11.4 Å². The lowest BCUT2D eigenvalue weighted by Crippen LogP contribution is -2.19. The predicted molar refractivity (Wildman–Crippen MR) is 124 cm³/mol. The molecule has 0 atom stereocenters. The molecular formula is C22H22N4O2S2. The number of hydrogen-bond acceptors (Lipinski definition) is 6. The summed E-state index contributed by atoms with van der Waals surface area (Å²) in [6, 6.07) is 10.0. The molecule has 0 bridgehead atoms. The number of nitrogens with one attached hydrogen (secondary N) is 1. The van der Waals surface area contributed by atoms with Crippen molar-refractivity contribution in [2.24, 2.45) is 4.99 Å². The van der Waals surface area contributed by atoms with Crippen LogP contribution >= 0.6 is 23.1 Å². The zero-order valence-electron chi connectivity index (χ0n) is 17.4. The molecule has 0 saturated carbocycles. The normalized spacial score (nSPS) is 16.5. The standard InChI is InChI=1S/C22H22N4O2S2/c1-12-10-16(14(3)26(12)17-6-8-18(28-5)9-7-17)11-19-20(27)24-22(30-19)25-21-23-13(2)15(4)29-21/h6-11H,1-5H3,(H,23,24,25,27)/b19-11-. The maximum Gasteiger partial charge on any atom is 0.264 e. The van der Waals surface area contributed by atoms with E-state index in [0.29, 0.717) is 15.2 Å². The average molecular weight is 439 g/mol. The molecule has 0 spiro atoms. The Labute approximate surface area is 183 Å². The first-order valence-corrected chi connectivity index (χ1v) is 11.1. The van der Waals surface area contributed by atoms with Crippen molar-refractivity contribution in [2.75, 3.05) is 7.11 Å². The fourth-order valence-corrected chi connectivity index (χ4v) is 4.93. The van der Waals surface area contributed by atoms with Crippen molar-refractivity contribution in [1.82, 2.24) is 14.9 Å². The maximum absolute atomic E-state index is 12.5. The van der Waals surface area contributed by atoms with E-state index in [9.17, 15) is 4.79 Å². The second-order valence-corrected chi connectivity index (χ2v) is 9.19. The van der Waals surface area contributed by atoms with Gasteiger partial charge in [-0.2, -0.15) is 4.99 Å². The summed E-state index contributed by atoms with van der Waals surface area (Å²) in [5.41, 5.74) is 5.18.